The Balaban J connectivity index is 0.00000133. The number of nitrogens with zero attached hydrogens (tertiary/aromatic N) is 2. The summed E-state index contributed by atoms with van der Waals surface area (Å²) in [4.78, 5) is 93.9. The van der Waals surface area contributed by atoms with Crippen LogP contribution in [0.4, 0.5) is 13.6 Å². The highest BCUT2D eigenvalue weighted by molar-refractivity contribution is 6.37. The number of hydrogen-bond donors (Lipinski definition) is 4. The van der Waals surface area contributed by atoms with Crippen molar-refractivity contribution in [1.29, 1.82) is 0 Å². The van der Waals surface area contributed by atoms with E-state index >= 15 is 0 Å². The zero-order valence-corrected chi connectivity index (χ0v) is 34.0. The monoisotopic (exact) mass is 802 g/mol. The second-order valence-electron chi connectivity index (χ2n) is 17.1. The number of alkyl halides is 2. The highest BCUT2D eigenvalue weighted by Crippen LogP contribution is 2.50. The average molecular weight is 803 g/mol. The molecule has 6 amide bonds. The van der Waals surface area contributed by atoms with Crippen LogP contribution >= 0.6 is 0 Å². The molecule has 3 aliphatic carbocycles. The molecule has 0 spiro atoms. The third-order valence-electron chi connectivity index (χ3n) is 11.1. The Bertz CT molecular complexity index is 1610. The number of likely N-dealkylation sites (tertiary alicyclic amines) is 1. The molecule has 16 heteroatoms. The molecule has 3 saturated carbocycles. The van der Waals surface area contributed by atoms with Gasteiger partial charge in [0.2, 0.25) is 35.3 Å². The first-order valence-electron chi connectivity index (χ1n) is 20.1. The highest BCUT2D eigenvalue weighted by atomic mass is 19.3. The van der Waals surface area contributed by atoms with Crippen LogP contribution in [0.15, 0.2) is 30.3 Å². The fraction of sp³-hybridized carbons (Fsp3) is 0.683. The highest BCUT2D eigenvalue weighted by Gasteiger charge is 2.58. The van der Waals surface area contributed by atoms with E-state index in [4.69, 9.17) is 4.74 Å². The third-order valence-corrected chi connectivity index (χ3v) is 11.1. The lowest BCUT2D eigenvalue weighted by Gasteiger charge is -2.36. The van der Waals surface area contributed by atoms with Gasteiger partial charge >= 0.3 is 6.09 Å². The van der Waals surface area contributed by atoms with Crippen molar-refractivity contribution >= 4 is 41.4 Å². The number of likely N-dealkylation sites (N-methyl/N-ethyl adjacent to an activating group) is 1. The minimum absolute atomic E-state index is 0.139. The summed E-state index contributed by atoms with van der Waals surface area (Å²) in [6.45, 7) is 5.73. The van der Waals surface area contributed by atoms with E-state index in [-0.39, 0.29) is 12.5 Å². The number of Topliss-reactive ketones (excluding diaryl/α,β-unsaturated/α-hetero) is 1. The minimum atomic E-state index is -3.05. The molecule has 1 aromatic rings. The molecule has 1 aromatic carbocycles. The number of carbonyl (C=O) groups excluding carboxylic acids is 7. The van der Waals surface area contributed by atoms with Gasteiger partial charge in [0, 0.05) is 33.5 Å². The van der Waals surface area contributed by atoms with E-state index in [1.807, 2.05) is 0 Å². The van der Waals surface area contributed by atoms with Gasteiger partial charge < -0.3 is 35.8 Å². The van der Waals surface area contributed by atoms with E-state index in [2.05, 4.69) is 28.2 Å². The first kappa shape index (κ1) is 45.1. The Kier molecular flexibility index (Phi) is 15.6. The molecule has 0 radical (unpaired) electrons. The smallest absolute Gasteiger partial charge is 0.408 e. The molecule has 4 fully saturated rings. The maximum absolute atomic E-state index is 14.6. The quantitative estimate of drug-likeness (QED) is 0.230. The number of carbonyl (C=O) groups is 7. The molecule has 5 atom stereocenters. The maximum atomic E-state index is 14.6. The first-order chi connectivity index (χ1) is 26.8. The van der Waals surface area contributed by atoms with E-state index in [1.54, 1.807) is 51.1 Å². The fourth-order valence-electron chi connectivity index (χ4n) is 7.95. The summed E-state index contributed by atoms with van der Waals surface area (Å²) in [7, 11) is 3.04. The molecule has 316 valence electrons. The Hall–Kier alpha value is -4.63. The van der Waals surface area contributed by atoms with Crippen molar-refractivity contribution in [1.82, 2.24) is 31.1 Å². The second-order valence-corrected chi connectivity index (χ2v) is 17.1. The van der Waals surface area contributed by atoms with Gasteiger partial charge in [0.25, 0.3) is 5.91 Å². The number of rotatable bonds is 12. The van der Waals surface area contributed by atoms with Crippen LogP contribution in [0.5, 0.6) is 0 Å². The predicted molar refractivity (Wildman–Crippen MR) is 206 cm³/mol. The topological polar surface area (TPSA) is 183 Å². The van der Waals surface area contributed by atoms with Gasteiger partial charge in [0.15, 0.2) is 0 Å². The SMILES string of the molecule is CC1CCC1.CN(C)C(=O)C(NC(=O)CNC(=O)C(=O)CNC(=O)C1[C@H]2CC(F)(F)C[C@H]2CN1C(=O)C(NC(=O)OC(C)(C)C)C1CCCCC1)c1ccccc1. The van der Waals surface area contributed by atoms with Gasteiger partial charge in [-0.05, 0) is 62.8 Å². The number of benzene rings is 1. The van der Waals surface area contributed by atoms with Crippen LogP contribution in [0.1, 0.15) is 104 Å². The number of fused-ring (bicyclic) bond motifs is 1. The molecule has 0 bridgehead atoms. The molecule has 57 heavy (non-hydrogen) atoms. The van der Waals surface area contributed by atoms with Crippen LogP contribution in [0.25, 0.3) is 0 Å². The minimum Gasteiger partial charge on any atom is -0.444 e. The van der Waals surface area contributed by atoms with Crippen molar-refractivity contribution in [3.63, 3.8) is 0 Å². The standard InChI is InChI=1S/C36H50F2N6O8.C5H10/c1-35(2,3)52-34(51)42-28(22-14-10-7-11-15-22)33(50)44-20-23-16-36(37,38)17-24(23)29(44)31(48)39-18-25(45)30(47)40-19-26(46)41-27(32(49)43(4)5)21-12-8-6-9-13-21;1-5-3-2-4-5/h6,8-9,12-13,22-24,27-29H,7,10-11,14-20H2,1-5H3,(H,39,48)(H,40,47)(H,41,46)(H,42,51);5H,2-4H2,1H3/t23-,24-,27?,28?,29?;/m0./s1. The molecule has 4 N–H and O–H groups in total. The molecule has 1 heterocycles. The van der Waals surface area contributed by atoms with Gasteiger partial charge in [-0.25, -0.2) is 13.6 Å². The summed E-state index contributed by atoms with van der Waals surface area (Å²) in [6.07, 6.45) is 6.40. The molecule has 14 nitrogen and oxygen atoms in total. The summed E-state index contributed by atoms with van der Waals surface area (Å²) >= 11 is 0. The van der Waals surface area contributed by atoms with Gasteiger partial charge in [0.05, 0.1) is 13.1 Å². The van der Waals surface area contributed by atoms with Crippen LogP contribution in [-0.2, 0) is 33.5 Å². The maximum Gasteiger partial charge on any atom is 0.408 e. The van der Waals surface area contributed by atoms with Crippen LogP contribution in [0, 0.1) is 23.7 Å². The Morgan fingerprint density at radius 2 is 1.51 bits per heavy atom. The van der Waals surface area contributed by atoms with Crippen molar-refractivity contribution in [3.8, 4) is 0 Å². The lowest BCUT2D eigenvalue weighted by atomic mass is 9.83. The summed E-state index contributed by atoms with van der Waals surface area (Å²) < 4.78 is 34.6. The summed E-state index contributed by atoms with van der Waals surface area (Å²) in [5, 5.41) is 9.73. The van der Waals surface area contributed by atoms with E-state index in [0.717, 1.165) is 25.2 Å². The van der Waals surface area contributed by atoms with E-state index < -0.39 is 109 Å². The summed E-state index contributed by atoms with van der Waals surface area (Å²) in [6, 6.07) is 4.96. The molecule has 0 aromatic heterocycles. The number of amides is 6. The molecule has 5 rings (SSSR count). The molecule has 3 unspecified atom stereocenters. The van der Waals surface area contributed by atoms with Crippen molar-refractivity contribution in [2.24, 2.45) is 23.7 Å². The Morgan fingerprint density at radius 1 is 0.877 bits per heavy atom. The van der Waals surface area contributed by atoms with Crippen LogP contribution in [0.3, 0.4) is 0 Å². The lowest BCUT2D eigenvalue weighted by Crippen LogP contribution is -2.58. The summed E-state index contributed by atoms with van der Waals surface area (Å²) in [5.41, 5.74) is -0.339. The number of alkyl carbamates (subject to hydrolysis) is 1. The summed E-state index contributed by atoms with van der Waals surface area (Å²) in [5.74, 6) is -8.82. The van der Waals surface area contributed by atoms with Crippen LogP contribution in [0.2, 0.25) is 0 Å². The van der Waals surface area contributed by atoms with Crippen molar-refractivity contribution in [2.75, 3.05) is 33.7 Å². The van der Waals surface area contributed by atoms with Crippen LogP contribution < -0.4 is 21.3 Å². The number of halogens is 2. The molecule has 1 aliphatic heterocycles. The number of nitrogens with one attached hydrogen (secondary N) is 4. The molecule has 4 aliphatic rings. The third kappa shape index (κ3) is 12.9. The van der Waals surface area contributed by atoms with Crippen molar-refractivity contribution in [3.05, 3.63) is 35.9 Å². The predicted octanol–water partition coefficient (Wildman–Crippen LogP) is 3.89. The van der Waals surface area contributed by atoms with E-state index in [0.29, 0.717) is 18.4 Å². The van der Waals surface area contributed by atoms with Gasteiger partial charge in [-0.3, -0.25) is 28.8 Å². The number of ketones is 1. The average Bonchev–Trinajstić information content (AvgIpc) is 3.64. The first-order valence-corrected chi connectivity index (χ1v) is 20.1. The van der Waals surface area contributed by atoms with Gasteiger partial charge in [-0.1, -0.05) is 75.8 Å². The Morgan fingerprint density at radius 3 is 2.07 bits per heavy atom. The van der Waals surface area contributed by atoms with Crippen molar-refractivity contribution in [2.45, 2.75) is 122 Å². The fourth-order valence-corrected chi connectivity index (χ4v) is 7.95. The normalized spacial score (nSPS) is 22.6. The van der Waals surface area contributed by atoms with Gasteiger partial charge in [-0.15, -0.1) is 0 Å². The molecule has 1 saturated heterocycles. The van der Waals surface area contributed by atoms with Gasteiger partial charge in [-0.2, -0.15) is 0 Å². The zero-order valence-electron chi connectivity index (χ0n) is 34.0. The lowest BCUT2D eigenvalue weighted by molar-refractivity contribution is -0.144. The number of hydrogen-bond acceptors (Lipinski definition) is 8. The largest absolute Gasteiger partial charge is 0.444 e. The Labute approximate surface area is 333 Å². The van der Waals surface area contributed by atoms with Crippen molar-refractivity contribution < 1.29 is 47.1 Å². The molecular weight excluding hydrogens is 742 g/mol. The van der Waals surface area contributed by atoms with Crippen LogP contribution in [-0.4, -0.2) is 109 Å². The van der Waals surface area contributed by atoms with E-state index in [1.165, 1.54) is 43.2 Å². The molecular formula is C41H60F2N6O8. The second kappa shape index (κ2) is 19.7. The number of ether oxygens (including phenoxy) is 1. The van der Waals surface area contributed by atoms with Gasteiger partial charge in [0.1, 0.15) is 23.7 Å². The van der Waals surface area contributed by atoms with E-state index in [9.17, 15) is 42.3 Å². The zero-order chi connectivity index (χ0) is 42.1.